The highest BCUT2D eigenvalue weighted by molar-refractivity contribution is 5.94. The second kappa shape index (κ2) is 5.00. The van der Waals surface area contributed by atoms with Gasteiger partial charge in [-0.3, -0.25) is 4.79 Å². The van der Waals surface area contributed by atoms with Gasteiger partial charge in [0.2, 0.25) is 0 Å². The number of ketones is 1. The third kappa shape index (κ3) is 2.74. The van der Waals surface area contributed by atoms with E-state index in [1.807, 2.05) is 6.92 Å². The molecule has 0 spiro atoms. The van der Waals surface area contributed by atoms with Crippen LogP contribution in [0.3, 0.4) is 0 Å². The standard InChI is InChI=1S/C15H13FO2/c1-10-6-7-13(16)9-15(10)18-14-5-3-4-12(8-14)11(2)17/h3-9H,1-2H3. The monoisotopic (exact) mass is 244 g/mol. The van der Waals surface area contributed by atoms with Crippen LogP contribution in [-0.2, 0) is 0 Å². The second-order valence-corrected chi connectivity index (χ2v) is 4.10. The molecule has 0 unspecified atom stereocenters. The highest BCUT2D eigenvalue weighted by atomic mass is 19.1. The van der Waals surface area contributed by atoms with E-state index in [0.717, 1.165) is 5.56 Å². The quantitative estimate of drug-likeness (QED) is 0.759. The molecule has 2 aromatic rings. The Labute approximate surface area is 105 Å². The van der Waals surface area contributed by atoms with Crippen LogP contribution in [0.1, 0.15) is 22.8 Å². The van der Waals surface area contributed by atoms with Crippen LogP contribution in [0.5, 0.6) is 11.5 Å². The second-order valence-electron chi connectivity index (χ2n) is 4.10. The van der Waals surface area contributed by atoms with Crippen LogP contribution in [0.25, 0.3) is 0 Å². The number of aryl methyl sites for hydroxylation is 1. The average molecular weight is 244 g/mol. The number of ether oxygens (including phenoxy) is 1. The van der Waals surface area contributed by atoms with Crippen LogP contribution in [0, 0.1) is 12.7 Å². The molecular weight excluding hydrogens is 231 g/mol. The summed E-state index contributed by atoms with van der Waals surface area (Å²) in [5.74, 6) is 0.599. The Morgan fingerprint density at radius 1 is 1.17 bits per heavy atom. The first kappa shape index (κ1) is 12.3. The topological polar surface area (TPSA) is 26.3 Å². The molecule has 0 radical (unpaired) electrons. The molecule has 0 aliphatic carbocycles. The van der Waals surface area contributed by atoms with E-state index in [1.165, 1.54) is 19.1 Å². The summed E-state index contributed by atoms with van der Waals surface area (Å²) in [5, 5.41) is 0. The van der Waals surface area contributed by atoms with Gasteiger partial charge in [0.1, 0.15) is 17.3 Å². The van der Waals surface area contributed by atoms with Gasteiger partial charge in [-0.05, 0) is 37.6 Å². The molecule has 0 N–H and O–H groups in total. The highest BCUT2D eigenvalue weighted by Gasteiger charge is 2.05. The molecule has 2 nitrogen and oxygen atoms in total. The third-order valence-corrected chi connectivity index (χ3v) is 2.62. The third-order valence-electron chi connectivity index (χ3n) is 2.62. The molecule has 0 aromatic heterocycles. The lowest BCUT2D eigenvalue weighted by molar-refractivity contribution is 0.101. The first-order chi connectivity index (χ1) is 8.56. The van der Waals surface area contributed by atoms with Gasteiger partial charge in [-0.2, -0.15) is 0 Å². The van der Waals surface area contributed by atoms with Gasteiger partial charge in [0.05, 0.1) is 0 Å². The summed E-state index contributed by atoms with van der Waals surface area (Å²) in [6.07, 6.45) is 0. The Morgan fingerprint density at radius 3 is 2.67 bits per heavy atom. The van der Waals surface area contributed by atoms with Gasteiger partial charge in [0.25, 0.3) is 0 Å². The summed E-state index contributed by atoms with van der Waals surface area (Å²) in [7, 11) is 0. The van der Waals surface area contributed by atoms with Gasteiger partial charge < -0.3 is 4.74 Å². The minimum atomic E-state index is -0.349. The molecule has 0 heterocycles. The lowest BCUT2D eigenvalue weighted by Gasteiger charge is -2.09. The first-order valence-electron chi connectivity index (χ1n) is 5.61. The maximum Gasteiger partial charge on any atom is 0.159 e. The molecule has 0 aliphatic heterocycles. The van der Waals surface area contributed by atoms with Crippen LogP contribution in [0.2, 0.25) is 0 Å². The molecule has 0 fully saturated rings. The van der Waals surface area contributed by atoms with Crippen molar-refractivity contribution in [3.63, 3.8) is 0 Å². The van der Waals surface area contributed by atoms with Crippen molar-refractivity contribution in [2.24, 2.45) is 0 Å². The minimum absolute atomic E-state index is 0.0311. The predicted octanol–water partition coefficient (Wildman–Crippen LogP) is 4.13. The molecule has 0 atom stereocenters. The van der Waals surface area contributed by atoms with Gasteiger partial charge >= 0.3 is 0 Å². The zero-order chi connectivity index (χ0) is 13.1. The molecule has 92 valence electrons. The number of benzene rings is 2. The van der Waals surface area contributed by atoms with Crippen molar-refractivity contribution in [3.8, 4) is 11.5 Å². The molecular formula is C15H13FO2. The van der Waals surface area contributed by atoms with E-state index in [-0.39, 0.29) is 11.6 Å². The molecule has 2 aromatic carbocycles. The predicted molar refractivity (Wildman–Crippen MR) is 67.7 cm³/mol. The van der Waals surface area contributed by atoms with Gasteiger partial charge in [-0.1, -0.05) is 18.2 Å². The number of hydrogen-bond acceptors (Lipinski definition) is 2. The van der Waals surface area contributed by atoms with Gasteiger partial charge in [-0.25, -0.2) is 4.39 Å². The fourth-order valence-electron chi connectivity index (χ4n) is 1.59. The van der Waals surface area contributed by atoms with Gasteiger partial charge in [-0.15, -0.1) is 0 Å². The van der Waals surface area contributed by atoms with E-state index in [9.17, 15) is 9.18 Å². The van der Waals surface area contributed by atoms with Crippen molar-refractivity contribution in [2.45, 2.75) is 13.8 Å². The first-order valence-corrected chi connectivity index (χ1v) is 5.61. The van der Waals surface area contributed by atoms with Crippen molar-refractivity contribution < 1.29 is 13.9 Å². The molecule has 3 heteroatoms. The molecule has 0 saturated carbocycles. The summed E-state index contributed by atoms with van der Waals surface area (Å²) >= 11 is 0. The lowest BCUT2D eigenvalue weighted by atomic mass is 10.1. The van der Waals surface area contributed by atoms with E-state index in [1.54, 1.807) is 30.3 Å². The summed E-state index contributed by atoms with van der Waals surface area (Å²) in [6.45, 7) is 3.33. The maximum absolute atomic E-state index is 13.1. The summed E-state index contributed by atoms with van der Waals surface area (Å²) < 4.78 is 18.7. The van der Waals surface area contributed by atoms with E-state index < -0.39 is 0 Å². The van der Waals surface area contributed by atoms with E-state index in [4.69, 9.17) is 4.74 Å². The van der Waals surface area contributed by atoms with Crippen LogP contribution in [0.15, 0.2) is 42.5 Å². The number of halogens is 1. The van der Waals surface area contributed by atoms with E-state index >= 15 is 0 Å². The summed E-state index contributed by atoms with van der Waals surface area (Å²) in [5.41, 5.74) is 1.41. The Hall–Kier alpha value is -2.16. The zero-order valence-corrected chi connectivity index (χ0v) is 10.2. The molecule has 18 heavy (non-hydrogen) atoms. The van der Waals surface area contributed by atoms with Gasteiger partial charge in [0.15, 0.2) is 5.78 Å². The van der Waals surface area contributed by atoms with Crippen LogP contribution in [0.4, 0.5) is 4.39 Å². The number of Topliss-reactive ketones (excluding diaryl/α,β-unsaturated/α-hetero) is 1. The molecule has 0 saturated heterocycles. The van der Waals surface area contributed by atoms with Crippen molar-refractivity contribution in [1.82, 2.24) is 0 Å². The Bertz CT molecular complexity index is 591. The Kier molecular flexibility index (Phi) is 3.42. The average Bonchev–Trinajstić information content (AvgIpc) is 2.34. The fourth-order valence-corrected chi connectivity index (χ4v) is 1.59. The number of carbonyl (C=O) groups is 1. The largest absolute Gasteiger partial charge is 0.457 e. The molecule has 2 rings (SSSR count). The summed E-state index contributed by atoms with van der Waals surface area (Å²) in [4.78, 5) is 11.3. The zero-order valence-electron chi connectivity index (χ0n) is 10.2. The maximum atomic E-state index is 13.1. The Morgan fingerprint density at radius 2 is 1.94 bits per heavy atom. The SMILES string of the molecule is CC(=O)c1cccc(Oc2cc(F)ccc2C)c1. The Balaban J connectivity index is 2.31. The van der Waals surface area contributed by atoms with Crippen LogP contribution >= 0.6 is 0 Å². The number of rotatable bonds is 3. The van der Waals surface area contributed by atoms with Crippen molar-refractivity contribution in [3.05, 3.63) is 59.4 Å². The molecule has 0 bridgehead atoms. The molecule has 0 amide bonds. The number of hydrogen-bond donors (Lipinski definition) is 0. The van der Waals surface area contributed by atoms with E-state index in [2.05, 4.69) is 0 Å². The fraction of sp³-hybridized carbons (Fsp3) is 0.133. The van der Waals surface area contributed by atoms with Crippen molar-refractivity contribution in [2.75, 3.05) is 0 Å². The van der Waals surface area contributed by atoms with Gasteiger partial charge in [0, 0.05) is 11.6 Å². The lowest BCUT2D eigenvalue weighted by Crippen LogP contribution is -1.93. The van der Waals surface area contributed by atoms with E-state index in [0.29, 0.717) is 17.1 Å². The smallest absolute Gasteiger partial charge is 0.159 e. The molecule has 0 aliphatic rings. The van der Waals surface area contributed by atoms with Crippen LogP contribution in [-0.4, -0.2) is 5.78 Å². The van der Waals surface area contributed by atoms with Crippen molar-refractivity contribution in [1.29, 1.82) is 0 Å². The minimum Gasteiger partial charge on any atom is -0.457 e. The normalized spacial score (nSPS) is 10.2. The summed E-state index contributed by atoms with van der Waals surface area (Å²) in [6, 6.07) is 11.2. The highest BCUT2D eigenvalue weighted by Crippen LogP contribution is 2.26. The number of carbonyl (C=O) groups excluding carboxylic acids is 1. The van der Waals surface area contributed by atoms with Crippen molar-refractivity contribution >= 4 is 5.78 Å². The van der Waals surface area contributed by atoms with Crippen LogP contribution < -0.4 is 4.74 Å².